The average Bonchev–Trinajstić information content (AvgIpc) is 3.39. The summed E-state index contributed by atoms with van der Waals surface area (Å²) < 4.78 is 25.0. The van der Waals surface area contributed by atoms with Crippen LogP contribution in [0.15, 0.2) is 53.3 Å². The molecule has 274 valence electrons. The van der Waals surface area contributed by atoms with Crippen molar-refractivity contribution in [2.24, 2.45) is 28.6 Å². The first kappa shape index (κ1) is 37.9. The van der Waals surface area contributed by atoms with Crippen LogP contribution >= 0.6 is 11.6 Å². The van der Waals surface area contributed by atoms with Crippen molar-refractivity contribution in [3.05, 3.63) is 75.2 Å². The van der Waals surface area contributed by atoms with Gasteiger partial charge in [0.2, 0.25) is 5.88 Å². The van der Waals surface area contributed by atoms with E-state index in [9.17, 15) is 14.4 Å². The molecule has 2 atom stereocenters. The van der Waals surface area contributed by atoms with Crippen molar-refractivity contribution in [1.82, 2.24) is 14.4 Å². The molecule has 1 N–H and O–H groups in total. The second-order valence-electron chi connectivity index (χ2n) is 15.8. The number of aromatic nitrogens is 3. The lowest BCUT2D eigenvalue weighted by atomic mass is 9.59. The zero-order chi connectivity index (χ0) is 37.2. The van der Waals surface area contributed by atoms with Crippen molar-refractivity contribution in [2.75, 3.05) is 13.7 Å². The summed E-state index contributed by atoms with van der Waals surface area (Å²) in [5.74, 6) is -0.102. The zero-order valence-electron chi connectivity index (χ0n) is 31.1. The van der Waals surface area contributed by atoms with Gasteiger partial charge in [0.05, 0.1) is 24.8 Å². The molecule has 2 aromatic heterocycles. The quantitative estimate of drug-likeness (QED) is 0.127. The summed E-state index contributed by atoms with van der Waals surface area (Å²) in [7, 11) is 1.38. The molecule has 1 aliphatic carbocycles. The van der Waals surface area contributed by atoms with E-state index in [1.807, 2.05) is 6.92 Å². The van der Waals surface area contributed by atoms with E-state index in [0.717, 1.165) is 25.7 Å². The molecule has 0 radical (unpaired) electrons. The van der Waals surface area contributed by atoms with Gasteiger partial charge in [-0.3, -0.25) is 4.98 Å². The van der Waals surface area contributed by atoms with Crippen molar-refractivity contribution in [3.8, 4) is 28.8 Å². The summed E-state index contributed by atoms with van der Waals surface area (Å²) in [6, 6.07) is 13.2. The second kappa shape index (κ2) is 15.1. The number of nitrogens with one attached hydrogen (secondary N) is 1. The SMILES string of the molecule is CCCCOC(=O)c1ccc(Oc2c(-c3ccc(Cl)cc3)c(C(=O)OC3C(C(C)(C)C)CC(C)CC3C(C)(C)C)c3nc(OC)[nH]c(=O)n23)cc1. The highest BCUT2D eigenvalue weighted by atomic mass is 35.5. The third-order valence-corrected chi connectivity index (χ3v) is 10.1. The fraction of sp³-hybridized carbons (Fsp3) is 0.500. The summed E-state index contributed by atoms with van der Waals surface area (Å²) in [5, 5.41) is 0.491. The molecule has 0 bridgehead atoms. The summed E-state index contributed by atoms with van der Waals surface area (Å²) >= 11 is 6.30. The van der Waals surface area contributed by atoms with Gasteiger partial charge < -0.3 is 18.9 Å². The molecule has 10 nitrogen and oxygen atoms in total. The molecule has 2 unspecified atom stereocenters. The molecule has 0 aliphatic heterocycles. The molecule has 0 saturated heterocycles. The summed E-state index contributed by atoms with van der Waals surface area (Å²) in [6.45, 7) is 17.8. The smallest absolute Gasteiger partial charge is 0.343 e. The lowest BCUT2D eigenvalue weighted by Gasteiger charge is -2.50. The van der Waals surface area contributed by atoms with E-state index in [1.165, 1.54) is 11.5 Å². The van der Waals surface area contributed by atoms with Gasteiger partial charge in [-0.2, -0.15) is 4.98 Å². The van der Waals surface area contributed by atoms with E-state index >= 15 is 0 Å². The zero-order valence-corrected chi connectivity index (χ0v) is 31.8. The third kappa shape index (κ3) is 8.27. The Kier molecular flexibility index (Phi) is 11.2. The van der Waals surface area contributed by atoms with Gasteiger partial charge >= 0.3 is 17.6 Å². The second-order valence-corrected chi connectivity index (χ2v) is 16.2. The average molecular weight is 720 g/mol. The van der Waals surface area contributed by atoms with Crippen LogP contribution in [0.5, 0.6) is 17.6 Å². The molecule has 1 aliphatic rings. The standard InChI is InChI=1S/C40H50ClN3O7/c1-10-11-20-49-35(45)25-14-18-27(19-15-25)50-34-30(24-12-16-26(41)17-13-24)31(33-42-37(48-9)43-38(47)44(33)34)36(46)51-32-28(39(3,4)5)21-23(2)22-29(32)40(6,7)8/h12-19,23,28-29,32H,10-11,20-22H2,1-9H3,(H,42,43,47). The number of aromatic amines is 1. The molecule has 2 aromatic carbocycles. The van der Waals surface area contributed by atoms with Gasteiger partial charge in [-0.1, -0.05) is 85.5 Å². The monoisotopic (exact) mass is 719 g/mol. The number of hydrogen-bond acceptors (Lipinski definition) is 8. The summed E-state index contributed by atoms with van der Waals surface area (Å²) in [6.07, 6.45) is 3.10. The van der Waals surface area contributed by atoms with Crippen molar-refractivity contribution in [1.29, 1.82) is 0 Å². The number of carbonyl (C=O) groups excluding carboxylic acids is 2. The van der Waals surface area contributed by atoms with E-state index in [1.54, 1.807) is 48.5 Å². The van der Waals surface area contributed by atoms with Crippen LogP contribution in [0.1, 0.15) is 102 Å². The molecule has 51 heavy (non-hydrogen) atoms. The van der Waals surface area contributed by atoms with E-state index < -0.39 is 23.7 Å². The fourth-order valence-corrected chi connectivity index (χ4v) is 7.22. The van der Waals surface area contributed by atoms with Crippen LogP contribution in [0.3, 0.4) is 0 Å². The fourth-order valence-electron chi connectivity index (χ4n) is 7.09. The predicted octanol–water partition coefficient (Wildman–Crippen LogP) is 9.38. The number of fused-ring (bicyclic) bond motifs is 1. The van der Waals surface area contributed by atoms with Crippen molar-refractivity contribution >= 4 is 29.2 Å². The summed E-state index contributed by atoms with van der Waals surface area (Å²) in [5.41, 5.74) is 0.358. The largest absolute Gasteiger partial charge is 0.468 e. The number of methoxy groups -OCH3 is 1. The van der Waals surface area contributed by atoms with Crippen molar-refractivity contribution in [3.63, 3.8) is 0 Å². The Hall–Kier alpha value is -4.31. The highest BCUT2D eigenvalue weighted by Gasteiger charge is 2.48. The maximum Gasteiger partial charge on any atom is 0.343 e. The lowest BCUT2D eigenvalue weighted by molar-refractivity contribution is -0.0922. The minimum absolute atomic E-state index is 0.0143. The minimum atomic E-state index is -0.635. The van der Waals surface area contributed by atoms with E-state index in [-0.39, 0.29) is 45.8 Å². The first-order valence-corrected chi connectivity index (χ1v) is 18.1. The summed E-state index contributed by atoms with van der Waals surface area (Å²) in [4.78, 5) is 48.4. The number of halogens is 1. The van der Waals surface area contributed by atoms with Crippen LogP contribution in [-0.4, -0.2) is 46.1 Å². The molecule has 5 rings (SSSR count). The van der Waals surface area contributed by atoms with Gasteiger partial charge in [-0.25, -0.2) is 18.8 Å². The highest BCUT2D eigenvalue weighted by Crippen LogP contribution is 2.50. The minimum Gasteiger partial charge on any atom is -0.468 e. The van der Waals surface area contributed by atoms with E-state index in [2.05, 4.69) is 58.4 Å². The molecule has 0 amide bonds. The topological polar surface area (TPSA) is 121 Å². The number of unbranched alkanes of at least 4 members (excludes halogenated alkanes) is 1. The number of benzene rings is 2. The Balaban J connectivity index is 1.68. The Morgan fingerprint density at radius 1 is 0.941 bits per heavy atom. The number of ether oxygens (including phenoxy) is 4. The molecule has 11 heteroatoms. The van der Waals surface area contributed by atoms with Crippen LogP contribution in [0.4, 0.5) is 0 Å². The van der Waals surface area contributed by atoms with Crippen molar-refractivity contribution < 1.29 is 28.5 Å². The Morgan fingerprint density at radius 2 is 1.55 bits per heavy atom. The van der Waals surface area contributed by atoms with Crippen LogP contribution in [0, 0.1) is 28.6 Å². The maximum absolute atomic E-state index is 14.9. The van der Waals surface area contributed by atoms with E-state index in [0.29, 0.717) is 40.0 Å². The maximum atomic E-state index is 14.9. The number of hydrogen-bond donors (Lipinski definition) is 1. The number of H-pyrrole nitrogens is 1. The van der Waals surface area contributed by atoms with Gasteiger partial charge in [0.15, 0.2) is 5.65 Å². The van der Waals surface area contributed by atoms with Crippen LogP contribution in [0.25, 0.3) is 16.8 Å². The molecule has 1 fully saturated rings. The Bertz CT molecular complexity index is 1890. The predicted molar refractivity (Wildman–Crippen MR) is 198 cm³/mol. The van der Waals surface area contributed by atoms with Crippen LogP contribution < -0.4 is 15.2 Å². The molecule has 0 spiro atoms. The Labute approximate surface area is 304 Å². The van der Waals surface area contributed by atoms with Crippen LogP contribution in [0.2, 0.25) is 5.02 Å². The molecule has 4 aromatic rings. The van der Waals surface area contributed by atoms with Gasteiger partial charge in [0.25, 0.3) is 6.01 Å². The number of esters is 2. The molecule has 2 heterocycles. The number of carbonyl (C=O) groups is 2. The first-order chi connectivity index (χ1) is 24.0. The van der Waals surface area contributed by atoms with Gasteiger partial charge in [-0.15, -0.1) is 0 Å². The third-order valence-electron chi connectivity index (χ3n) is 9.87. The molecular formula is C40H50ClN3O7. The van der Waals surface area contributed by atoms with Gasteiger partial charge in [0.1, 0.15) is 17.4 Å². The Morgan fingerprint density at radius 3 is 2.10 bits per heavy atom. The first-order valence-electron chi connectivity index (χ1n) is 17.7. The van der Waals surface area contributed by atoms with E-state index in [4.69, 9.17) is 30.5 Å². The van der Waals surface area contributed by atoms with Gasteiger partial charge in [-0.05, 0) is 78.0 Å². The molecule has 1 saturated carbocycles. The van der Waals surface area contributed by atoms with Gasteiger partial charge in [0, 0.05) is 16.9 Å². The number of nitrogens with zero attached hydrogens (tertiary/aromatic N) is 2. The highest BCUT2D eigenvalue weighted by molar-refractivity contribution is 6.30. The van der Waals surface area contributed by atoms with Crippen LogP contribution in [-0.2, 0) is 9.47 Å². The normalized spacial score (nSPS) is 19.5. The van der Waals surface area contributed by atoms with Crippen molar-refractivity contribution in [2.45, 2.75) is 87.2 Å². The molecular weight excluding hydrogens is 670 g/mol. The number of rotatable bonds is 10. The lowest BCUT2D eigenvalue weighted by Crippen LogP contribution is -2.49.